The van der Waals surface area contributed by atoms with Crippen molar-refractivity contribution in [3.05, 3.63) is 71.8 Å². The number of carbonyl (C=O) groups is 2. The van der Waals surface area contributed by atoms with Crippen molar-refractivity contribution in [2.75, 3.05) is 37.6 Å². The van der Waals surface area contributed by atoms with Crippen LogP contribution in [0.15, 0.2) is 66.2 Å². The maximum atomic E-state index is 13.7. The van der Waals surface area contributed by atoms with Crippen molar-refractivity contribution < 1.29 is 14.3 Å². The zero-order valence-electron chi connectivity index (χ0n) is 26.8. The molecule has 2 saturated heterocycles. The van der Waals surface area contributed by atoms with Gasteiger partial charge < -0.3 is 24.8 Å². The summed E-state index contributed by atoms with van der Waals surface area (Å²) in [5, 5.41) is 3.13. The third-order valence-electron chi connectivity index (χ3n) is 8.53. The largest absolute Gasteiger partial charge is 0.489 e. The van der Waals surface area contributed by atoms with E-state index in [-0.39, 0.29) is 11.9 Å². The number of anilines is 1. The molecular weight excluding hydrogens is 536 g/mol. The number of nitrogens with zero attached hydrogens (tertiary/aromatic N) is 3. The standard InChI is InChI=1S/C36H52N4O3/c1-28(2)18-25-40(31-14-16-33(17-15-31)43-27-30-12-8-7-9-13-30)32-19-23-38(24-20-32)35(41)34(26-29(3)4)37-36(42)39-21-10-5-6-11-22-39/h7-9,12-18,29,32,34H,5-6,10-11,19-27H2,1-4H3,(H,37,42)/t34-/m0/s1. The molecule has 2 aromatic rings. The Kier molecular flexibility index (Phi) is 12.4. The summed E-state index contributed by atoms with van der Waals surface area (Å²) in [5.74, 6) is 1.23. The van der Waals surface area contributed by atoms with Crippen LogP contribution in [0.1, 0.15) is 78.2 Å². The van der Waals surface area contributed by atoms with Crippen LogP contribution in [0, 0.1) is 5.92 Å². The van der Waals surface area contributed by atoms with Crippen LogP contribution in [0.3, 0.4) is 0 Å². The fourth-order valence-corrected chi connectivity index (χ4v) is 6.05. The SMILES string of the molecule is CC(C)=CCN(c1ccc(OCc2ccccc2)cc1)C1CCN(C(=O)[C@H](CC(C)C)NC(=O)N2CCCCCC2)CC1. The number of piperidine rings is 1. The fourth-order valence-electron chi connectivity index (χ4n) is 6.05. The molecule has 3 amide bonds. The van der Waals surface area contributed by atoms with E-state index in [4.69, 9.17) is 4.74 Å². The second-order valence-electron chi connectivity index (χ2n) is 12.8. The summed E-state index contributed by atoms with van der Waals surface area (Å²) in [6, 6.07) is 18.4. The lowest BCUT2D eigenvalue weighted by Gasteiger charge is -2.40. The summed E-state index contributed by atoms with van der Waals surface area (Å²) >= 11 is 0. The second-order valence-corrected chi connectivity index (χ2v) is 12.8. The predicted molar refractivity (Wildman–Crippen MR) is 175 cm³/mol. The molecule has 2 aliphatic heterocycles. The maximum absolute atomic E-state index is 13.7. The molecule has 2 aromatic carbocycles. The second kappa shape index (κ2) is 16.4. The Hall–Kier alpha value is -3.48. The lowest BCUT2D eigenvalue weighted by Crippen LogP contribution is -2.55. The molecule has 0 bridgehead atoms. The van der Waals surface area contributed by atoms with Gasteiger partial charge in [0.1, 0.15) is 18.4 Å². The Bertz CT molecular complexity index is 1160. The summed E-state index contributed by atoms with van der Waals surface area (Å²) in [7, 11) is 0. The van der Waals surface area contributed by atoms with Gasteiger partial charge in [-0.1, -0.05) is 68.7 Å². The first-order valence-corrected chi connectivity index (χ1v) is 16.3. The van der Waals surface area contributed by atoms with E-state index in [1.54, 1.807) is 0 Å². The average Bonchev–Trinajstić information content (AvgIpc) is 3.30. The van der Waals surface area contributed by atoms with E-state index < -0.39 is 6.04 Å². The molecule has 0 unspecified atom stereocenters. The topological polar surface area (TPSA) is 65.1 Å². The highest BCUT2D eigenvalue weighted by atomic mass is 16.5. The molecule has 1 atom stereocenters. The molecule has 0 spiro atoms. The molecule has 7 heteroatoms. The van der Waals surface area contributed by atoms with Crippen LogP contribution in [0.25, 0.3) is 0 Å². The van der Waals surface area contributed by atoms with E-state index in [2.05, 4.69) is 80.4 Å². The molecule has 4 rings (SSSR count). The Balaban J connectivity index is 1.37. The lowest BCUT2D eigenvalue weighted by molar-refractivity contribution is -0.134. The molecule has 234 valence electrons. The van der Waals surface area contributed by atoms with Crippen LogP contribution in [0.4, 0.5) is 10.5 Å². The summed E-state index contributed by atoms with van der Waals surface area (Å²) in [4.78, 5) is 33.2. The first-order chi connectivity index (χ1) is 20.8. The van der Waals surface area contributed by atoms with Crippen molar-refractivity contribution in [2.24, 2.45) is 5.92 Å². The van der Waals surface area contributed by atoms with Gasteiger partial charge >= 0.3 is 6.03 Å². The van der Waals surface area contributed by atoms with Crippen LogP contribution < -0.4 is 15.0 Å². The van der Waals surface area contributed by atoms with Gasteiger partial charge in [-0.3, -0.25) is 4.79 Å². The molecule has 43 heavy (non-hydrogen) atoms. The number of nitrogens with one attached hydrogen (secondary N) is 1. The van der Waals surface area contributed by atoms with Gasteiger partial charge in [0, 0.05) is 44.5 Å². The first kappa shape index (κ1) is 32.4. The quantitative estimate of drug-likeness (QED) is 0.286. The minimum Gasteiger partial charge on any atom is -0.489 e. The number of hydrogen-bond donors (Lipinski definition) is 1. The Morgan fingerprint density at radius 3 is 2.16 bits per heavy atom. The van der Waals surface area contributed by atoms with Gasteiger partial charge in [0.2, 0.25) is 5.91 Å². The van der Waals surface area contributed by atoms with Gasteiger partial charge in [0.15, 0.2) is 0 Å². The normalized spacial score (nSPS) is 16.8. The number of rotatable bonds is 11. The van der Waals surface area contributed by atoms with Crippen molar-refractivity contribution in [1.82, 2.24) is 15.1 Å². The van der Waals surface area contributed by atoms with E-state index in [1.165, 1.54) is 18.4 Å². The minimum absolute atomic E-state index is 0.0612. The number of carbonyl (C=O) groups excluding carboxylic acids is 2. The molecular formula is C36H52N4O3. The molecule has 1 N–H and O–H groups in total. The summed E-state index contributed by atoms with van der Waals surface area (Å²) in [6.07, 6.45) is 9.13. The van der Waals surface area contributed by atoms with Crippen LogP contribution in [0.2, 0.25) is 0 Å². The third kappa shape index (κ3) is 10.0. The van der Waals surface area contributed by atoms with Crippen molar-refractivity contribution in [3.8, 4) is 5.75 Å². The molecule has 0 aliphatic carbocycles. The predicted octanol–water partition coefficient (Wildman–Crippen LogP) is 7.03. The van der Waals surface area contributed by atoms with Crippen LogP contribution in [0.5, 0.6) is 5.75 Å². The number of ether oxygens (including phenoxy) is 1. The number of likely N-dealkylation sites (tertiary alicyclic amines) is 2. The number of allylic oxidation sites excluding steroid dienone is 1. The van der Waals surface area contributed by atoms with Crippen molar-refractivity contribution >= 4 is 17.6 Å². The highest BCUT2D eigenvalue weighted by molar-refractivity contribution is 5.87. The summed E-state index contributed by atoms with van der Waals surface area (Å²) in [5.41, 5.74) is 3.60. The highest BCUT2D eigenvalue weighted by Crippen LogP contribution is 2.27. The van der Waals surface area contributed by atoms with Crippen molar-refractivity contribution in [3.63, 3.8) is 0 Å². The van der Waals surface area contributed by atoms with Gasteiger partial charge in [0.05, 0.1) is 0 Å². The molecule has 0 saturated carbocycles. The van der Waals surface area contributed by atoms with Crippen LogP contribution >= 0.6 is 0 Å². The lowest BCUT2D eigenvalue weighted by atomic mass is 9.98. The van der Waals surface area contributed by atoms with E-state index in [9.17, 15) is 9.59 Å². The molecule has 0 radical (unpaired) electrons. The van der Waals surface area contributed by atoms with Gasteiger partial charge in [-0.15, -0.1) is 0 Å². The number of urea groups is 1. The Morgan fingerprint density at radius 1 is 0.907 bits per heavy atom. The molecule has 7 nitrogen and oxygen atoms in total. The molecule has 2 heterocycles. The summed E-state index contributed by atoms with van der Waals surface area (Å²) < 4.78 is 6.03. The van der Waals surface area contributed by atoms with Gasteiger partial charge in [0.25, 0.3) is 0 Å². The van der Waals surface area contributed by atoms with Crippen molar-refractivity contribution in [2.45, 2.75) is 91.3 Å². The fraction of sp³-hybridized carbons (Fsp3) is 0.556. The third-order valence-corrected chi connectivity index (χ3v) is 8.53. The zero-order valence-corrected chi connectivity index (χ0v) is 26.8. The van der Waals surface area contributed by atoms with Crippen molar-refractivity contribution in [1.29, 1.82) is 0 Å². The minimum atomic E-state index is -0.475. The Labute approximate surface area is 259 Å². The first-order valence-electron chi connectivity index (χ1n) is 16.3. The van der Waals surface area contributed by atoms with E-state index in [0.717, 1.165) is 62.3 Å². The van der Waals surface area contributed by atoms with Gasteiger partial charge in [-0.2, -0.15) is 0 Å². The highest BCUT2D eigenvalue weighted by Gasteiger charge is 2.32. The van der Waals surface area contributed by atoms with E-state index in [1.807, 2.05) is 28.0 Å². The maximum Gasteiger partial charge on any atom is 0.318 e. The number of hydrogen-bond acceptors (Lipinski definition) is 4. The molecule has 2 fully saturated rings. The van der Waals surface area contributed by atoms with Crippen LogP contribution in [-0.2, 0) is 11.4 Å². The zero-order chi connectivity index (χ0) is 30.6. The molecule has 2 aliphatic rings. The summed E-state index contributed by atoms with van der Waals surface area (Å²) in [6.45, 7) is 12.8. The van der Waals surface area contributed by atoms with E-state index >= 15 is 0 Å². The smallest absolute Gasteiger partial charge is 0.318 e. The van der Waals surface area contributed by atoms with E-state index in [0.29, 0.717) is 38.1 Å². The van der Waals surface area contributed by atoms with Crippen LogP contribution in [-0.4, -0.2) is 66.5 Å². The molecule has 0 aromatic heterocycles. The van der Waals surface area contributed by atoms with Gasteiger partial charge in [-0.25, -0.2) is 4.79 Å². The monoisotopic (exact) mass is 588 g/mol. The number of amides is 3. The number of benzene rings is 2. The Morgan fingerprint density at radius 2 is 1.56 bits per heavy atom. The average molecular weight is 589 g/mol. The van der Waals surface area contributed by atoms with Gasteiger partial charge in [-0.05, 0) is 81.7 Å².